The van der Waals surface area contributed by atoms with Gasteiger partial charge in [0.25, 0.3) is 0 Å². The number of aromatic nitrogens is 2. The summed E-state index contributed by atoms with van der Waals surface area (Å²) in [4.78, 5) is 17.0. The highest BCUT2D eigenvalue weighted by Gasteiger charge is 2.23. The number of imidazole rings is 1. The minimum Gasteiger partial charge on any atom is -0.497 e. The molecular formula is C23H27N3O4. The third-order valence-corrected chi connectivity index (χ3v) is 5.23. The molecule has 7 nitrogen and oxygen atoms in total. The number of para-hydroxylation sites is 2. The molecule has 2 aromatic carbocycles. The molecule has 0 radical (unpaired) electrons. The highest BCUT2D eigenvalue weighted by Crippen LogP contribution is 2.19. The molecule has 158 valence electrons. The molecule has 1 fully saturated rings. The Labute approximate surface area is 176 Å². The van der Waals surface area contributed by atoms with Crippen molar-refractivity contribution in [3.8, 4) is 11.5 Å². The lowest BCUT2D eigenvalue weighted by molar-refractivity contribution is -0.130. The zero-order valence-electron chi connectivity index (χ0n) is 17.2. The topological polar surface area (TPSA) is 74.6 Å². The van der Waals surface area contributed by atoms with E-state index in [0.717, 1.165) is 54.2 Å². The average Bonchev–Trinajstić information content (AvgIpc) is 3.44. The van der Waals surface area contributed by atoms with Crippen LogP contribution < -0.4 is 14.8 Å². The van der Waals surface area contributed by atoms with Crippen molar-refractivity contribution in [3.63, 3.8) is 0 Å². The van der Waals surface area contributed by atoms with Gasteiger partial charge in [0.05, 0.1) is 31.3 Å². The van der Waals surface area contributed by atoms with E-state index in [1.54, 1.807) is 7.11 Å². The van der Waals surface area contributed by atoms with Crippen LogP contribution in [0.5, 0.6) is 11.5 Å². The molecule has 0 aliphatic carbocycles. The summed E-state index contributed by atoms with van der Waals surface area (Å²) in [6.07, 6.45) is 2.20. The Balaban J connectivity index is 1.37. The first-order valence-corrected chi connectivity index (χ1v) is 10.3. The predicted molar refractivity (Wildman–Crippen MR) is 114 cm³/mol. The maximum Gasteiger partial charge on any atom is 0.249 e. The first-order chi connectivity index (χ1) is 14.7. The molecule has 0 saturated carbocycles. The van der Waals surface area contributed by atoms with Gasteiger partial charge in [0.1, 0.15) is 23.4 Å². The van der Waals surface area contributed by atoms with Gasteiger partial charge in [-0.3, -0.25) is 4.79 Å². The monoisotopic (exact) mass is 409 g/mol. The maximum absolute atomic E-state index is 12.3. The van der Waals surface area contributed by atoms with Gasteiger partial charge >= 0.3 is 0 Å². The summed E-state index contributed by atoms with van der Waals surface area (Å²) in [6, 6.07) is 15.6. The van der Waals surface area contributed by atoms with Crippen molar-refractivity contribution in [1.82, 2.24) is 14.9 Å². The minimum atomic E-state index is -0.333. The van der Waals surface area contributed by atoms with Crippen molar-refractivity contribution in [1.29, 1.82) is 0 Å². The molecule has 1 aliphatic heterocycles. The number of nitrogens with one attached hydrogen (secondary N) is 1. The van der Waals surface area contributed by atoms with Crippen LogP contribution in [0.1, 0.15) is 25.1 Å². The van der Waals surface area contributed by atoms with Gasteiger partial charge < -0.3 is 24.1 Å². The fraction of sp³-hybridized carbons (Fsp3) is 0.391. The van der Waals surface area contributed by atoms with Crippen LogP contribution in [0.15, 0.2) is 48.5 Å². The van der Waals surface area contributed by atoms with Crippen molar-refractivity contribution < 1.29 is 19.0 Å². The Bertz CT molecular complexity index is 978. The first kappa shape index (κ1) is 20.2. The lowest BCUT2D eigenvalue weighted by Gasteiger charge is -2.13. The Morgan fingerprint density at radius 1 is 1.20 bits per heavy atom. The van der Waals surface area contributed by atoms with Crippen LogP contribution in [0.4, 0.5) is 0 Å². The van der Waals surface area contributed by atoms with Crippen molar-refractivity contribution in [2.24, 2.45) is 0 Å². The van der Waals surface area contributed by atoms with Crippen molar-refractivity contribution in [2.45, 2.75) is 38.5 Å². The second-order valence-electron chi connectivity index (χ2n) is 7.27. The van der Waals surface area contributed by atoms with Crippen molar-refractivity contribution in [2.75, 3.05) is 20.3 Å². The summed E-state index contributed by atoms with van der Waals surface area (Å²) >= 11 is 0. The number of hydrogen-bond acceptors (Lipinski definition) is 5. The molecule has 1 saturated heterocycles. The van der Waals surface area contributed by atoms with Crippen LogP contribution in [-0.2, 0) is 22.6 Å². The number of carbonyl (C=O) groups excluding carboxylic acids is 1. The molecule has 1 atom stereocenters. The van der Waals surface area contributed by atoms with E-state index in [0.29, 0.717) is 19.8 Å². The molecule has 0 spiro atoms. The number of benzene rings is 2. The summed E-state index contributed by atoms with van der Waals surface area (Å²) in [5.74, 6) is 2.40. The number of aryl methyl sites for hydroxylation is 1. The molecule has 1 amide bonds. The highest BCUT2D eigenvalue weighted by molar-refractivity contribution is 5.81. The SMILES string of the molecule is COc1ccc(OCCCn2c(CNC(=O)C3CCCO3)nc3ccccc32)cc1. The van der Waals surface area contributed by atoms with Gasteiger partial charge in [0, 0.05) is 13.2 Å². The van der Waals surface area contributed by atoms with Crippen LogP contribution in [0.25, 0.3) is 11.0 Å². The number of rotatable bonds is 9. The van der Waals surface area contributed by atoms with Crippen LogP contribution in [0.2, 0.25) is 0 Å². The summed E-state index contributed by atoms with van der Waals surface area (Å²) < 4.78 is 18.6. The molecule has 1 N–H and O–H groups in total. The molecular weight excluding hydrogens is 382 g/mol. The van der Waals surface area contributed by atoms with E-state index in [-0.39, 0.29) is 12.0 Å². The van der Waals surface area contributed by atoms with Crippen molar-refractivity contribution >= 4 is 16.9 Å². The predicted octanol–water partition coefficient (Wildman–Crippen LogP) is 3.31. The van der Waals surface area contributed by atoms with E-state index in [4.69, 9.17) is 19.2 Å². The largest absolute Gasteiger partial charge is 0.497 e. The third kappa shape index (κ3) is 4.74. The zero-order valence-corrected chi connectivity index (χ0v) is 17.2. The van der Waals surface area contributed by atoms with Crippen LogP contribution >= 0.6 is 0 Å². The van der Waals surface area contributed by atoms with E-state index in [9.17, 15) is 4.79 Å². The Morgan fingerprint density at radius 2 is 2.00 bits per heavy atom. The smallest absolute Gasteiger partial charge is 0.249 e. The fourth-order valence-electron chi connectivity index (χ4n) is 3.66. The number of amides is 1. The minimum absolute atomic E-state index is 0.0612. The number of nitrogens with zero attached hydrogens (tertiary/aromatic N) is 2. The average molecular weight is 409 g/mol. The fourth-order valence-corrected chi connectivity index (χ4v) is 3.66. The van der Waals surface area contributed by atoms with Crippen LogP contribution in [0.3, 0.4) is 0 Å². The molecule has 0 bridgehead atoms. The Hall–Kier alpha value is -3.06. The van der Waals surface area contributed by atoms with Gasteiger partial charge in [-0.05, 0) is 55.7 Å². The van der Waals surface area contributed by atoms with Gasteiger partial charge in [-0.1, -0.05) is 12.1 Å². The summed E-state index contributed by atoms with van der Waals surface area (Å²) in [5.41, 5.74) is 1.98. The van der Waals surface area contributed by atoms with Gasteiger partial charge in [-0.25, -0.2) is 4.98 Å². The molecule has 7 heteroatoms. The molecule has 1 aliphatic rings. The number of hydrogen-bond donors (Lipinski definition) is 1. The normalized spacial score (nSPS) is 16.0. The first-order valence-electron chi connectivity index (χ1n) is 10.3. The number of carbonyl (C=O) groups is 1. The van der Waals surface area contributed by atoms with E-state index in [1.807, 2.05) is 42.5 Å². The van der Waals surface area contributed by atoms with Crippen LogP contribution in [0, 0.1) is 0 Å². The third-order valence-electron chi connectivity index (χ3n) is 5.23. The van der Waals surface area contributed by atoms with Gasteiger partial charge in [0.2, 0.25) is 5.91 Å². The Morgan fingerprint density at radius 3 is 2.77 bits per heavy atom. The zero-order chi connectivity index (χ0) is 20.8. The van der Waals surface area contributed by atoms with Gasteiger partial charge in [0.15, 0.2) is 0 Å². The van der Waals surface area contributed by atoms with Crippen LogP contribution in [-0.4, -0.2) is 41.9 Å². The van der Waals surface area contributed by atoms with E-state index in [2.05, 4.69) is 16.0 Å². The maximum atomic E-state index is 12.3. The molecule has 30 heavy (non-hydrogen) atoms. The summed E-state index contributed by atoms with van der Waals surface area (Å²) in [7, 11) is 1.64. The standard InChI is InChI=1S/C23H27N3O4/c1-28-17-9-11-18(12-10-17)29-15-5-13-26-20-7-3-2-6-19(20)25-22(26)16-24-23(27)21-8-4-14-30-21/h2-3,6-7,9-12,21H,4-5,8,13-16H2,1H3,(H,24,27). The Kier molecular flexibility index (Phi) is 6.49. The lowest BCUT2D eigenvalue weighted by atomic mass is 10.2. The number of methoxy groups -OCH3 is 1. The van der Waals surface area contributed by atoms with E-state index in [1.165, 1.54) is 0 Å². The quantitative estimate of drug-likeness (QED) is 0.549. The van der Waals surface area contributed by atoms with E-state index >= 15 is 0 Å². The second-order valence-corrected chi connectivity index (χ2v) is 7.27. The van der Waals surface area contributed by atoms with Gasteiger partial charge in [-0.15, -0.1) is 0 Å². The molecule has 4 rings (SSSR count). The summed E-state index contributed by atoms with van der Waals surface area (Å²) in [5, 5.41) is 2.98. The molecule has 1 aromatic heterocycles. The van der Waals surface area contributed by atoms with Crippen molar-refractivity contribution in [3.05, 3.63) is 54.4 Å². The van der Waals surface area contributed by atoms with E-state index < -0.39 is 0 Å². The highest BCUT2D eigenvalue weighted by atomic mass is 16.5. The molecule has 1 unspecified atom stereocenters. The molecule has 3 aromatic rings. The second kappa shape index (κ2) is 9.63. The summed E-state index contributed by atoms with van der Waals surface area (Å²) in [6.45, 7) is 2.37. The lowest BCUT2D eigenvalue weighted by Crippen LogP contribution is -2.34. The van der Waals surface area contributed by atoms with Gasteiger partial charge in [-0.2, -0.15) is 0 Å². The number of fused-ring (bicyclic) bond motifs is 1. The number of ether oxygens (including phenoxy) is 3. The molecule has 2 heterocycles.